The van der Waals surface area contributed by atoms with Crippen LogP contribution in [-0.4, -0.2) is 21.8 Å². The minimum Gasteiger partial charge on any atom is -0.329 e. The van der Waals surface area contributed by atoms with Gasteiger partial charge in [-0.3, -0.25) is 0 Å². The van der Waals surface area contributed by atoms with Crippen molar-refractivity contribution in [1.82, 2.24) is 14.9 Å². The molecule has 4 heteroatoms. The molecule has 0 saturated heterocycles. The molecule has 1 aromatic carbocycles. The lowest BCUT2D eigenvalue weighted by atomic mass is 10.0. The Morgan fingerprint density at radius 1 is 1.26 bits per heavy atom. The fourth-order valence-corrected chi connectivity index (χ4v) is 3.26. The van der Waals surface area contributed by atoms with Crippen molar-refractivity contribution in [3.63, 3.8) is 0 Å². The van der Waals surface area contributed by atoms with E-state index in [0.29, 0.717) is 11.3 Å². The van der Waals surface area contributed by atoms with Crippen molar-refractivity contribution in [2.24, 2.45) is 7.05 Å². The quantitative estimate of drug-likeness (QED) is 0.850. The third kappa shape index (κ3) is 3.39. The molecule has 2 unspecified atom stereocenters. The monoisotopic (exact) mass is 275 g/mol. The van der Waals surface area contributed by atoms with Crippen LogP contribution < -0.4 is 5.32 Å². The normalized spacial score (nSPS) is 14.3. The van der Waals surface area contributed by atoms with Gasteiger partial charge in [0.15, 0.2) is 5.16 Å². The molecule has 0 aliphatic rings. The summed E-state index contributed by atoms with van der Waals surface area (Å²) >= 11 is 1.80. The van der Waals surface area contributed by atoms with Gasteiger partial charge >= 0.3 is 0 Å². The molecule has 0 fully saturated rings. The molecule has 3 nitrogen and oxygen atoms in total. The minimum atomic E-state index is 0.322. The van der Waals surface area contributed by atoms with Gasteiger partial charge in [0.2, 0.25) is 0 Å². The van der Waals surface area contributed by atoms with Gasteiger partial charge in [-0.2, -0.15) is 0 Å². The van der Waals surface area contributed by atoms with Crippen molar-refractivity contribution >= 4 is 11.8 Å². The lowest BCUT2D eigenvalue weighted by Crippen LogP contribution is -2.25. The van der Waals surface area contributed by atoms with E-state index in [1.165, 1.54) is 11.1 Å². The van der Waals surface area contributed by atoms with E-state index >= 15 is 0 Å². The molecular formula is C15H21N3S. The molecule has 0 radical (unpaired) electrons. The molecule has 2 atom stereocenters. The first-order valence-corrected chi connectivity index (χ1v) is 7.37. The van der Waals surface area contributed by atoms with Crippen molar-refractivity contribution < 1.29 is 0 Å². The molecule has 0 aliphatic carbocycles. The van der Waals surface area contributed by atoms with Crippen LogP contribution >= 0.6 is 11.8 Å². The summed E-state index contributed by atoms with van der Waals surface area (Å²) in [5.74, 6) is 0. The Labute approximate surface area is 119 Å². The number of imidazole rings is 1. The average molecular weight is 275 g/mol. The highest BCUT2D eigenvalue weighted by Gasteiger charge is 2.19. The summed E-state index contributed by atoms with van der Waals surface area (Å²) in [6, 6.07) is 9.05. The highest BCUT2D eigenvalue weighted by Crippen LogP contribution is 2.30. The van der Waals surface area contributed by atoms with Crippen LogP contribution in [-0.2, 0) is 7.05 Å². The Balaban J connectivity index is 2.13. The van der Waals surface area contributed by atoms with E-state index in [0.717, 1.165) is 5.16 Å². The summed E-state index contributed by atoms with van der Waals surface area (Å²) in [4.78, 5) is 4.38. The number of nitrogens with one attached hydrogen (secondary N) is 1. The molecule has 19 heavy (non-hydrogen) atoms. The van der Waals surface area contributed by atoms with Crippen molar-refractivity contribution in [2.45, 2.75) is 30.3 Å². The molecule has 0 bridgehead atoms. The van der Waals surface area contributed by atoms with Gasteiger partial charge in [-0.1, -0.05) is 48.5 Å². The lowest BCUT2D eigenvalue weighted by Gasteiger charge is -2.23. The molecule has 0 saturated carbocycles. The second-order valence-electron chi connectivity index (χ2n) is 4.82. The maximum absolute atomic E-state index is 4.38. The number of benzene rings is 1. The average Bonchev–Trinajstić information content (AvgIpc) is 2.78. The topological polar surface area (TPSA) is 29.9 Å². The third-order valence-corrected chi connectivity index (χ3v) is 4.53. The maximum atomic E-state index is 4.38. The number of hydrogen-bond donors (Lipinski definition) is 1. The second kappa shape index (κ2) is 6.26. The molecule has 1 heterocycles. The fourth-order valence-electron chi connectivity index (χ4n) is 2.15. The number of hydrogen-bond acceptors (Lipinski definition) is 3. The van der Waals surface area contributed by atoms with Crippen LogP contribution in [0.1, 0.15) is 24.1 Å². The predicted molar refractivity (Wildman–Crippen MR) is 81.5 cm³/mol. The highest BCUT2D eigenvalue weighted by atomic mass is 32.2. The van der Waals surface area contributed by atoms with Gasteiger partial charge in [-0.25, -0.2) is 4.98 Å². The molecule has 2 aromatic rings. The number of rotatable bonds is 5. The smallest absolute Gasteiger partial charge is 0.167 e. The van der Waals surface area contributed by atoms with Gasteiger partial charge in [0.1, 0.15) is 0 Å². The summed E-state index contributed by atoms with van der Waals surface area (Å²) in [5, 5.41) is 4.88. The van der Waals surface area contributed by atoms with E-state index in [2.05, 4.69) is 53.0 Å². The molecule has 102 valence electrons. The number of nitrogens with zero attached hydrogens (tertiary/aromatic N) is 2. The Hall–Kier alpha value is -1.26. The maximum Gasteiger partial charge on any atom is 0.167 e. The van der Waals surface area contributed by atoms with Crippen LogP contribution in [0.3, 0.4) is 0 Å². The molecule has 0 aliphatic heterocycles. The highest BCUT2D eigenvalue weighted by molar-refractivity contribution is 7.99. The van der Waals surface area contributed by atoms with Crippen LogP contribution in [0.2, 0.25) is 0 Å². The first-order valence-electron chi connectivity index (χ1n) is 6.49. The van der Waals surface area contributed by atoms with E-state index in [9.17, 15) is 0 Å². The largest absolute Gasteiger partial charge is 0.329 e. The van der Waals surface area contributed by atoms with Gasteiger partial charge < -0.3 is 9.88 Å². The van der Waals surface area contributed by atoms with Gasteiger partial charge in [-0.05, 0) is 19.5 Å². The minimum absolute atomic E-state index is 0.322. The summed E-state index contributed by atoms with van der Waals surface area (Å²) < 4.78 is 2.06. The fraction of sp³-hybridized carbons (Fsp3) is 0.400. The number of aryl methyl sites for hydroxylation is 2. The molecule has 0 spiro atoms. The molecule has 1 aromatic heterocycles. The molecule has 1 N–H and O–H groups in total. The zero-order valence-electron chi connectivity index (χ0n) is 11.9. The summed E-state index contributed by atoms with van der Waals surface area (Å²) in [6.45, 7) is 4.35. The zero-order chi connectivity index (χ0) is 13.8. The summed E-state index contributed by atoms with van der Waals surface area (Å²) in [7, 11) is 4.04. The van der Waals surface area contributed by atoms with Crippen LogP contribution in [0.15, 0.2) is 41.8 Å². The Kier molecular flexibility index (Phi) is 4.66. The standard InChI is InChI=1S/C15H21N3S/c1-11-5-7-13(8-6-11)14(16-3)12(2)19-15-17-9-10-18(15)4/h5-10,12,14,16H,1-4H3. The SMILES string of the molecule is CNC(c1ccc(C)cc1)C(C)Sc1nccn1C. The third-order valence-electron chi connectivity index (χ3n) is 3.29. The van der Waals surface area contributed by atoms with Crippen molar-refractivity contribution in [3.05, 3.63) is 47.8 Å². The van der Waals surface area contributed by atoms with Crippen LogP contribution in [0.5, 0.6) is 0 Å². The van der Waals surface area contributed by atoms with E-state index in [4.69, 9.17) is 0 Å². The van der Waals surface area contributed by atoms with Gasteiger partial charge in [0.25, 0.3) is 0 Å². The second-order valence-corrected chi connectivity index (χ2v) is 6.17. The Morgan fingerprint density at radius 2 is 1.95 bits per heavy atom. The Bertz CT molecular complexity index is 518. The van der Waals surface area contributed by atoms with E-state index < -0.39 is 0 Å². The van der Waals surface area contributed by atoms with E-state index in [1.54, 1.807) is 11.8 Å². The molecule has 2 rings (SSSR count). The van der Waals surface area contributed by atoms with Crippen molar-refractivity contribution in [1.29, 1.82) is 0 Å². The van der Waals surface area contributed by atoms with Crippen LogP contribution in [0.4, 0.5) is 0 Å². The van der Waals surface area contributed by atoms with Gasteiger partial charge in [0, 0.05) is 30.7 Å². The summed E-state index contributed by atoms with van der Waals surface area (Å²) in [5.41, 5.74) is 2.62. The van der Waals surface area contributed by atoms with Gasteiger partial charge in [-0.15, -0.1) is 0 Å². The predicted octanol–water partition coefficient (Wildman–Crippen LogP) is 3.17. The van der Waals surface area contributed by atoms with Crippen LogP contribution in [0.25, 0.3) is 0 Å². The van der Waals surface area contributed by atoms with E-state index in [-0.39, 0.29) is 0 Å². The Morgan fingerprint density at radius 3 is 2.47 bits per heavy atom. The molecule has 0 amide bonds. The van der Waals surface area contributed by atoms with E-state index in [1.807, 2.05) is 26.5 Å². The first kappa shape index (κ1) is 14.2. The number of thioether (sulfide) groups is 1. The lowest BCUT2D eigenvalue weighted by molar-refractivity contribution is 0.587. The zero-order valence-corrected chi connectivity index (χ0v) is 12.7. The summed E-state index contributed by atoms with van der Waals surface area (Å²) in [6.07, 6.45) is 3.82. The number of aromatic nitrogens is 2. The van der Waals surface area contributed by atoms with Crippen molar-refractivity contribution in [3.8, 4) is 0 Å². The first-order chi connectivity index (χ1) is 9.11. The molecular weight excluding hydrogens is 254 g/mol. The van der Waals surface area contributed by atoms with Crippen molar-refractivity contribution in [2.75, 3.05) is 7.05 Å². The van der Waals surface area contributed by atoms with Crippen LogP contribution in [0, 0.1) is 6.92 Å². The van der Waals surface area contributed by atoms with Gasteiger partial charge in [0.05, 0.1) is 0 Å².